The van der Waals surface area contributed by atoms with Crippen molar-refractivity contribution >= 4 is 16.0 Å². The maximum atomic E-state index is 12.9. The Morgan fingerprint density at radius 3 is 2.30 bits per heavy atom. The van der Waals surface area contributed by atoms with Gasteiger partial charge in [0.05, 0.1) is 4.90 Å². The Hall–Kier alpha value is -2.42. The Morgan fingerprint density at radius 2 is 1.70 bits per heavy atom. The van der Waals surface area contributed by atoms with Crippen LogP contribution in [0, 0.1) is 0 Å². The SMILES string of the molecule is CN(CC(C(=O)O)N1CCCCC1)S(=O)(=O)c1ccc(OCc2ccccc2)cc1. The van der Waals surface area contributed by atoms with Crippen molar-refractivity contribution < 1.29 is 23.1 Å². The molecule has 0 saturated carbocycles. The van der Waals surface area contributed by atoms with Crippen molar-refractivity contribution in [2.45, 2.75) is 36.8 Å². The third-order valence-corrected chi connectivity index (χ3v) is 7.16. The molecule has 0 aromatic heterocycles. The van der Waals surface area contributed by atoms with Gasteiger partial charge in [-0.05, 0) is 55.8 Å². The standard InChI is InChI=1S/C22H28N2O5S/c1-23(16-21(22(25)26)24-14-6-3-7-15-24)30(27,28)20-12-10-19(11-13-20)29-17-18-8-4-2-5-9-18/h2,4-5,8-13,21H,3,6-7,14-17H2,1H3,(H,25,26). The molecule has 8 heteroatoms. The van der Waals surface area contributed by atoms with Gasteiger partial charge in [-0.2, -0.15) is 4.31 Å². The van der Waals surface area contributed by atoms with E-state index in [1.165, 1.54) is 19.2 Å². The molecule has 1 aliphatic rings. The average molecular weight is 433 g/mol. The van der Waals surface area contributed by atoms with Crippen molar-refractivity contribution in [3.05, 3.63) is 60.2 Å². The van der Waals surface area contributed by atoms with Crippen molar-refractivity contribution in [1.29, 1.82) is 0 Å². The molecular formula is C22H28N2O5S. The van der Waals surface area contributed by atoms with Crippen molar-refractivity contribution in [1.82, 2.24) is 9.21 Å². The molecule has 0 bridgehead atoms. The van der Waals surface area contributed by atoms with Crippen LogP contribution in [0.4, 0.5) is 0 Å². The van der Waals surface area contributed by atoms with Gasteiger partial charge in [0.25, 0.3) is 0 Å². The van der Waals surface area contributed by atoms with Crippen LogP contribution < -0.4 is 4.74 Å². The molecule has 0 aliphatic carbocycles. The molecule has 1 unspecified atom stereocenters. The van der Waals surface area contributed by atoms with E-state index in [1.54, 1.807) is 12.1 Å². The van der Waals surface area contributed by atoms with Crippen molar-refractivity contribution in [3.8, 4) is 5.75 Å². The van der Waals surface area contributed by atoms with E-state index in [4.69, 9.17) is 4.74 Å². The van der Waals surface area contributed by atoms with Gasteiger partial charge in [0, 0.05) is 13.6 Å². The second-order valence-corrected chi connectivity index (χ2v) is 9.53. The summed E-state index contributed by atoms with van der Waals surface area (Å²) in [5, 5.41) is 9.62. The number of benzene rings is 2. The van der Waals surface area contributed by atoms with Crippen LogP contribution in [-0.4, -0.2) is 61.4 Å². The lowest BCUT2D eigenvalue weighted by molar-refractivity contribution is -0.144. The molecule has 1 aliphatic heterocycles. The molecule has 1 saturated heterocycles. The zero-order valence-corrected chi connectivity index (χ0v) is 17.9. The largest absolute Gasteiger partial charge is 0.489 e. The Bertz CT molecular complexity index is 926. The minimum atomic E-state index is -3.80. The van der Waals surface area contributed by atoms with Crippen molar-refractivity contribution in [2.24, 2.45) is 0 Å². The Morgan fingerprint density at radius 1 is 1.07 bits per heavy atom. The monoisotopic (exact) mass is 432 g/mol. The van der Waals surface area contributed by atoms with E-state index in [0.717, 1.165) is 29.1 Å². The normalized spacial score (nSPS) is 16.3. The second-order valence-electron chi connectivity index (χ2n) is 7.48. The summed E-state index contributed by atoms with van der Waals surface area (Å²) in [6.45, 7) is 1.66. The fourth-order valence-corrected chi connectivity index (χ4v) is 4.73. The van der Waals surface area contributed by atoms with Crippen LogP contribution in [0.15, 0.2) is 59.5 Å². The van der Waals surface area contributed by atoms with Crippen molar-refractivity contribution in [2.75, 3.05) is 26.7 Å². The first-order valence-electron chi connectivity index (χ1n) is 10.1. The van der Waals surface area contributed by atoms with Gasteiger partial charge in [0.1, 0.15) is 18.4 Å². The van der Waals surface area contributed by atoms with Gasteiger partial charge in [0.2, 0.25) is 10.0 Å². The summed E-state index contributed by atoms with van der Waals surface area (Å²) in [6.07, 6.45) is 2.95. The Kier molecular flexibility index (Phi) is 7.47. The summed E-state index contributed by atoms with van der Waals surface area (Å²) < 4.78 is 32.7. The maximum absolute atomic E-state index is 12.9. The molecule has 7 nitrogen and oxygen atoms in total. The summed E-state index contributed by atoms with van der Waals surface area (Å²) in [7, 11) is -2.38. The first kappa shape index (κ1) is 22.3. The van der Waals surface area contributed by atoms with Crippen LogP contribution in [-0.2, 0) is 21.4 Å². The molecule has 0 radical (unpaired) electrons. The molecule has 162 valence electrons. The first-order valence-corrected chi connectivity index (χ1v) is 11.5. The minimum Gasteiger partial charge on any atom is -0.489 e. The average Bonchev–Trinajstić information content (AvgIpc) is 2.77. The van der Waals surface area contributed by atoms with Crippen LogP contribution in [0.2, 0.25) is 0 Å². The van der Waals surface area contributed by atoms with E-state index in [9.17, 15) is 18.3 Å². The fraction of sp³-hybridized carbons (Fsp3) is 0.409. The number of carbonyl (C=O) groups is 1. The fourth-order valence-electron chi connectivity index (χ4n) is 3.55. The molecule has 1 atom stereocenters. The zero-order valence-electron chi connectivity index (χ0n) is 17.1. The highest BCUT2D eigenvalue weighted by Crippen LogP contribution is 2.21. The van der Waals surface area contributed by atoms with Crippen LogP contribution >= 0.6 is 0 Å². The van der Waals surface area contributed by atoms with Gasteiger partial charge in [-0.3, -0.25) is 9.69 Å². The number of carboxylic acid groups (broad SMARTS) is 1. The summed E-state index contributed by atoms with van der Waals surface area (Å²) in [6, 6.07) is 15.1. The highest BCUT2D eigenvalue weighted by molar-refractivity contribution is 7.89. The van der Waals surface area contributed by atoms with Gasteiger partial charge in [-0.15, -0.1) is 0 Å². The Balaban J connectivity index is 1.65. The molecule has 1 N–H and O–H groups in total. The predicted octanol–water partition coefficient (Wildman–Crippen LogP) is 2.83. The predicted molar refractivity (Wildman–Crippen MR) is 114 cm³/mol. The molecule has 1 fully saturated rings. The number of aliphatic carboxylic acids is 1. The van der Waals surface area contributed by atoms with Crippen LogP contribution in [0.5, 0.6) is 5.75 Å². The molecule has 2 aromatic rings. The van der Waals surface area contributed by atoms with Gasteiger partial charge < -0.3 is 9.84 Å². The molecule has 0 spiro atoms. The van der Waals surface area contributed by atoms with E-state index in [0.29, 0.717) is 25.4 Å². The van der Waals surface area contributed by atoms with Gasteiger partial charge >= 0.3 is 5.97 Å². The van der Waals surface area contributed by atoms with E-state index < -0.39 is 22.0 Å². The molecule has 2 aromatic carbocycles. The number of carboxylic acids is 1. The lowest BCUT2D eigenvalue weighted by Gasteiger charge is -2.33. The lowest BCUT2D eigenvalue weighted by Crippen LogP contribution is -2.50. The number of nitrogens with zero attached hydrogens (tertiary/aromatic N) is 2. The summed E-state index contributed by atoms with van der Waals surface area (Å²) in [5.74, 6) is -0.430. The third-order valence-electron chi connectivity index (χ3n) is 5.33. The van der Waals surface area contributed by atoms with Gasteiger partial charge in [-0.25, -0.2) is 8.42 Å². The molecule has 3 rings (SSSR count). The highest BCUT2D eigenvalue weighted by atomic mass is 32.2. The van der Waals surface area contributed by atoms with E-state index in [-0.39, 0.29) is 11.4 Å². The van der Waals surface area contributed by atoms with Gasteiger partial charge in [0.15, 0.2) is 0 Å². The number of likely N-dealkylation sites (tertiary alicyclic amines) is 1. The summed E-state index contributed by atoms with van der Waals surface area (Å²) >= 11 is 0. The van der Waals surface area contributed by atoms with Gasteiger partial charge in [-0.1, -0.05) is 36.8 Å². The van der Waals surface area contributed by atoms with E-state index >= 15 is 0 Å². The second kappa shape index (κ2) is 10.1. The number of hydrogen-bond acceptors (Lipinski definition) is 5. The smallest absolute Gasteiger partial charge is 0.322 e. The van der Waals surface area contributed by atoms with Crippen LogP contribution in [0.25, 0.3) is 0 Å². The van der Waals surface area contributed by atoms with E-state index in [2.05, 4.69) is 0 Å². The van der Waals surface area contributed by atoms with Crippen LogP contribution in [0.1, 0.15) is 24.8 Å². The zero-order chi connectivity index (χ0) is 21.6. The highest BCUT2D eigenvalue weighted by Gasteiger charge is 2.32. The maximum Gasteiger partial charge on any atom is 0.322 e. The quantitative estimate of drug-likeness (QED) is 0.656. The number of hydrogen-bond donors (Lipinski definition) is 1. The summed E-state index contributed by atoms with van der Waals surface area (Å²) in [4.78, 5) is 13.7. The number of rotatable bonds is 9. The summed E-state index contributed by atoms with van der Waals surface area (Å²) in [5.41, 5.74) is 1.02. The number of piperidine rings is 1. The minimum absolute atomic E-state index is 0.0933. The van der Waals surface area contributed by atoms with Crippen molar-refractivity contribution in [3.63, 3.8) is 0 Å². The molecule has 1 heterocycles. The van der Waals surface area contributed by atoms with Crippen LogP contribution in [0.3, 0.4) is 0 Å². The third kappa shape index (κ3) is 5.59. The first-order chi connectivity index (χ1) is 14.4. The molecular weight excluding hydrogens is 404 g/mol. The number of likely N-dealkylation sites (N-methyl/N-ethyl adjacent to an activating group) is 1. The number of sulfonamides is 1. The molecule has 30 heavy (non-hydrogen) atoms. The lowest BCUT2D eigenvalue weighted by atomic mass is 10.1. The molecule has 0 amide bonds. The van der Waals surface area contributed by atoms with E-state index in [1.807, 2.05) is 35.2 Å². The Labute approximate surface area is 177 Å². The topological polar surface area (TPSA) is 87.2 Å². The number of ether oxygens (including phenoxy) is 1.